The fourth-order valence-electron chi connectivity index (χ4n) is 1.62. The van der Waals surface area contributed by atoms with Crippen molar-refractivity contribution in [3.05, 3.63) is 24.3 Å². The number of ether oxygens (including phenoxy) is 2. The van der Waals surface area contributed by atoms with Gasteiger partial charge in [-0.2, -0.15) is 0 Å². The van der Waals surface area contributed by atoms with E-state index in [2.05, 4.69) is 5.32 Å². The lowest BCUT2D eigenvalue weighted by Crippen LogP contribution is -2.40. The number of methoxy groups -OCH3 is 1. The van der Waals surface area contributed by atoms with Crippen LogP contribution in [0.2, 0.25) is 0 Å². The van der Waals surface area contributed by atoms with Gasteiger partial charge in [0.05, 0.1) is 7.11 Å². The van der Waals surface area contributed by atoms with Gasteiger partial charge in [-0.05, 0) is 25.0 Å². The molecule has 5 heteroatoms. The van der Waals surface area contributed by atoms with E-state index >= 15 is 0 Å². The maximum Gasteiger partial charge on any atom is 0.123 e. The van der Waals surface area contributed by atoms with Crippen LogP contribution in [0.5, 0.6) is 11.5 Å². The Balaban J connectivity index is 2.30. The highest BCUT2D eigenvalue weighted by Crippen LogP contribution is 2.18. The minimum absolute atomic E-state index is 0.130. The van der Waals surface area contributed by atoms with Gasteiger partial charge in [0.15, 0.2) is 0 Å². The van der Waals surface area contributed by atoms with Crippen molar-refractivity contribution in [1.82, 2.24) is 5.32 Å². The number of nitrogens with one attached hydrogen (secondary N) is 1. The molecule has 3 atom stereocenters. The first-order valence-electron chi connectivity index (χ1n) is 6.86. The van der Waals surface area contributed by atoms with Gasteiger partial charge in [-0.1, -0.05) is 13.0 Å². The first-order chi connectivity index (χ1) is 9.56. The Morgan fingerprint density at radius 1 is 1.25 bits per heavy atom. The number of aliphatic hydroxyl groups is 2. The van der Waals surface area contributed by atoms with Crippen molar-refractivity contribution in [3.63, 3.8) is 0 Å². The molecule has 20 heavy (non-hydrogen) atoms. The van der Waals surface area contributed by atoms with E-state index in [0.717, 1.165) is 5.75 Å². The first kappa shape index (κ1) is 16.8. The standard InChI is InChI=1S/C15H25NO4/c1-11(9-17)12(2)16-8-13(18)10-20-15-6-4-5-14(7-15)19-3/h4-7,11-13,16-18H,8-10H2,1-3H3. The molecule has 0 heterocycles. The molecule has 0 aliphatic carbocycles. The summed E-state index contributed by atoms with van der Waals surface area (Å²) < 4.78 is 10.6. The third-order valence-electron chi connectivity index (χ3n) is 3.30. The van der Waals surface area contributed by atoms with Crippen molar-refractivity contribution in [3.8, 4) is 11.5 Å². The summed E-state index contributed by atoms with van der Waals surface area (Å²) in [6.07, 6.45) is -0.602. The van der Waals surface area contributed by atoms with E-state index in [1.165, 1.54) is 0 Å². The van der Waals surface area contributed by atoms with Crippen LogP contribution < -0.4 is 14.8 Å². The van der Waals surface area contributed by atoms with Crippen LogP contribution in [0.15, 0.2) is 24.3 Å². The summed E-state index contributed by atoms with van der Waals surface area (Å²) >= 11 is 0. The molecule has 5 nitrogen and oxygen atoms in total. The van der Waals surface area contributed by atoms with Gasteiger partial charge in [-0.15, -0.1) is 0 Å². The van der Waals surface area contributed by atoms with E-state index in [4.69, 9.17) is 14.6 Å². The SMILES string of the molecule is COc1cccc(OCC(O)CNC(C)C(C)CO)c1. The van der Waals surface area contributed by atoms with E-state index in [0.29, 0.717) is 12.3 Å². The van der Waals surface area contributed by atoms with Crippen molar-refractivity contribution in [2.24, 2.45) is 5.92 Å². The molecule has 0 aliphatic rings. The Bertz CT molecular complexity index is 386. The number of rotatable bonds is 9. The predicted octanol–water partition coefficient (Wildman–Crippen LogP) is 1.04. The van der Waals surface area contributed by atoms with Crippen LogP contribution in [-0.4, -0.2) is 49.2 Å². The Kier molecular flexibility index (Phi) is 7.36. The van der Waals surface area contributed by atoms with Crippen LogP contribution in [0.1, 0.15) is 13.8 Å². The van der Waals surface area contributed by atoms with E-state index in [-0.39, 0.29) is 25.2 Å². The molecule has 3 N–H and O–H groups in total. The molecule has 1 aromatic rings. The monoisotopic (exact) mass is 283 g/mol. The zero-order valence-corrected chi connectivity index (χ0v) is 12.4. The molecule has 0 amide bonds. The molecule has 0 aliphatic heterocycles. The van der Waals surface area contributed by atoms with Gasteiger partial charge in [0.25, 0.3) is 0 Å². The molecule has 0 radical (unpaired) electrons. The fraction of sp³-hybridized carbons (Fsp3) is 0.600. The van der Waals surface area contributed by atoms with E-state index < -0.39 is 6.10 Å². The largest absolute Gasteiger partial charge is 0.497 e. The zero-order chi connectivity index (χ0) is 15.0. The maximum absolute atomic E-state index is 9.86. The van der Waals surface area contributed by atoms with Gasteiger partial charge in [0.2, 0.25) is 0 Å². The van der Waals surface area contributed by atoms with Crippen molar-refractivity contribution in [1.29, 1.82) is 0 Å². The third kappa shape index (κ3) is 5.77. The van der Waals surface area contributed by atoms with E-state index in [1.807, 2.05) is 32.0 Å². The first-order valence-corrected chi connectivity index (χ1v) is 6.86. The number of benzene rings is 1. The molecule has 0 bridgehead atoms. The lowest BCUT2D eigenvalue weighted by atomic mass is 10.1. The van der Waals surface area contributed by atoms with Gasteiger partial charge in [-0.3, -0.25) is 0 Å². The van der Waals surface area contributed by atoms with Gasteiger partial charge in [0, 0.05) is 25.3 Å². The van der Waals surface area contributed by atoms with Gasteiger partial charge < -0.3 is 25.0 Å². The average Bonchev–Trinajstić information content (AvgIpc) is 2.49. The fourth-order valence-corrected chi connectivity index (χ4v) is 1.62. The lowest BCUT2D eigenvalue weighted by molar-refractivity contribution is 0.0991. The average molecular weight is 283 g/mol. The van der Waals surface area contributed by atoms with Crippen LogP contribution in [0, 0.1) is 5.92 Å². The summed E-state index contributed by atoms with van der Waals surface area (Å²) in [5.74, 6) is 1.54. The number of aliphatic hydroxyl groups excluding tert-OH is 2. The maximum atomic E-state index is 9.86. The molecular weight excluding hydrogens is 258 g/mol. The van der Waals surface area contributed by atoms with Crippen LogP contribution in [0.3, 0.4) is 0 Å². The lowest BCUT2D eigenvalue weighted by Gasteiger charge is -2.21. The van der Waals surface area contributed by atoms with Crippen molar-refractivity contribution >= 4 is 0 Å². The molecule has 0 aromatic heterocycles. The van der Waals surface area contributed by atoms with Crippen LogP contribution in [0.25, 0.3) is 0 Å². The summed E-state index contributed by atoms with van der Waals surface area (Å²) in [4.78, 5) is 0. The van der Waals surface area contributed by atoms with Crippen LogP contribution >= 0.6 is 0 Å². The summed E-state index contributed by atoms with van der Waals surface area (Å²) in [6, 6.07) is 7.41. The quantitative estimate of drug-likeness (QED) is 0.632. The normalized spacial score (nSPS) is 15.4. The molecule has 0 saturated heterocycles. The highest BCUT2D eigenvalue weighted by atomic mass is 16.5. The summed E-state index contributed by atoms with van der Waals surface area (Å²) in [5, 5.41) is 22.1. The highest BCUT2D eigenvalue weighted by Gasteiger charge is 2.13. The molecule has 114 valence electrons. The van der Waals surface area contributed by atoms with Gasteiger partial charge in [-0.25, -0.2) is 0 Å². The molecule has 0 fully saturated rings. The second kappa shape index (κ2) is 8.79. The minimum Gasteiger partial charge on any atom is -0.497 e. The molecule has 3 unspecified atom stereocenters. The second-order valence-corrected chi connectivity index (χ2v) is 5.00. The molecule has 0 spiro atoms. The van der Waals surface area contributed by atoms with Gasteiger partial charge in [0.1, 0.15) is 24.2 Å². The predicted molar refractivity (Wildman–Crippen MR) is 78.2 cm³/mol. The summed E-state index contributed by atoms with van der Waals surface area (Å²) in [5.41, 5.74) is 0. The smallest absolute Gasteiger partial charge is 0.123 e. The number of hydrogen-bond donors (Lipinski definition) is 3. The molecule has 1 aromatic carbocycles. The highest BCUT2D eigenvalue weighted by molar-refractivity contribution is 5.32. The van der Waals surface area contributed by atoms with E-state index in [1.54, 1.807) is 13.2 Å². The minimum atomic E-state index is -0.602. The molecule has 0 saturated carbocycles. The Hall–Kier alpha value is -1.30. The topological polar surface area (TPSA) is 71.0 Å². The summed E-state index contributed by atoms with van der Waals surface area (Å²) in [6.45, 7) is 4.70. The van der Waals surface area contributed by atoms with E-state index in [9.17, 15) is 5.11 Å². The third-order valence-corrected chi connectivity index (χ3v) is 3.30. The Morgan fingerprint density at radius 3 is 2.60 bits per heavy atom. The zero-order valence-electron chi connectivity index (χ0n) is 12.4. The number of hydrogen-bond acceptors (Lipinski definition) is 5. The van der Waals surface area contributed by atoms with Crippen LogP contribution in [0.4, 0.5) is 0 Å². The van der Waals surface area contributed by atoms with Crippen molar-refractivity contribution < 1.29 is 19.7 Å². The van der Waals surface area contributed by atoms with Gasteiger partial charge >= 0.3 is 0 Å². The van der Waals surface area contributed by atoms with Crippen molar-refractivity contribution in [2.45, 2.75) is 26.0 Å². The molecular formula is C15H25NO4. The van der Waals surface area contributed by atoms with Crippen molar-refractivity contribution in [2.75, 3.05) is 26.9 Å². The van der Waals surface area contributed by atoms with Crippen LogP contribution in [-0.2, 0) is 0 Å². The second-order valence-electron chi connectivity index (χ2n) is 5.00. The Labute approximate surface area is 120 Å². The Morgan fingerprint density at radius 2 is 1.95 bits per heavy atom. The summed E-state index contributed by atoms with van der Waals surface area (Å²) in [7, 11) is 1.60. The molecule has 1 rings (SSSR count).